The van der Waals surface area contributed by atoms with Gasteiger partial charge in [-0.25, -0.2) is 0 Å². The van der Waals surface area contributed by atoms with Gasteiger partial charge in [0.05, 0.1) is 24.3 Å². The Morgan fingerprint density at radius 3 is 2.13 bits per heavy atom. The fraction of sp³-hybridized carbons (Fsp3) is 0.448. The summed E-state index contributed by atoms with van der Waals surface area (Å²) in [5.74, 6) is 0.172. The molecular weight excluding hydrogens is 508 g/mol. The highest BCUT2D eigenvalue weighted by molar-refractivity contribution is 7.99. The normalized spacial score (nSPS) is 10.7. The smallest absolute Gasteiger partial charge is 0.303 e. The lowest BCUT2D eigenvalue weighted by atomic mass is 10.0. The van der Waals surface area contributed by atoms with Crippen molar-refractivity contribution in [1.82, 2.24) is 0 Å². The number of hydrogen-bond acceptors (Lipinski definition) is 8. The van der Waals surface area contributed by atoms with Crippen molar-refractivity contribution in [2.75, 3.05) is 19.0 Å². The van der Waals surface area contributed by atoms with Gasteiger partial charge in [-0.3, -0.25) is 19.2 Å². The van der Waals surface area contributed by atoms with Crippen LogP contribution in [0.2, 0.25) is 0 Å². The Bertz CT molecular complexity index is 1170. The molecule has 0 amide bonds. The number of hydrogen-bond donors (Lipinski definition) is 2. The number of carbonyl (C=O) groups is 4. The van der Waals surface area contributed by atoms with Crippen molar-refractivity contribution in [3.8, 4) is 17.2 Å². The van der Waals surface area contributed by atoms with Crippen LogP contribution < -0.4 is 9.47 Å². The van der Waals surface area contributed by atoms with Crippen molar-refractivity contribution < 1.29 is 38.9 Å². The van der Waals surface area contributed by atoms with E-state index in [1.165, 1.54) is 32.5 Å². The van der Waals surface area contributed by atoms with Gasteiger partial charge in [0.15, 0.2) is 11.6 Å². The van der Waals surface area contributed by atoms with Crippen LogP contribution >= 0.6 is 11.8 Å². The maximum Gasteiger partial charge on any atom is 0.303 e. The summed E-state index contributed by atoms with van der Waals surface area (Å²) in [6.45, 7) is 6.87. The molecule has 2 aromatic rings. The first-order valence-corrected chi connectivity index (χ1v) is 13.7. The number of ether oxygens (including phenoxy) is 2. The summed E-state index contributed by atoms with van der Waals surface area (Å²) in [5, 5.41) is 19.4. The molecule has 0 aliphatic carbocycles. The second kappa shape index (κ2) is 15.2. The first kappa shape index (κ1) is 30.9. The summed E-state index contributed by atoms with van der Waals surface area (Å²) < 4.78 is 12.0. The number of aromatic hydroxyl groups is 1. The molecule has 0 spiro atoms. The number of benzene rings is 2. The lowest BCUT2D eigenvalue weighted by Gasteiger charge is -2.19. The van der Waals surface area contributed by atoms with Crippen LogP contribution in [0.3, 0.4) is 0 Å². The van der Waals surface area contributed by atoms with Gasteiger partial charge in [0.25, 0.3) is 0 Å². The molecule has 2 N–H and O–H groups in total. The summed E-state index contributed by atoms with van der Waals surface area (Å²) >= 11 is 1.48. The number of aliphatic carboxylic acids is 1. The number of ketones is 3. The third kappa shape index (κ3) is 8.90. The number of phenolic OH excluding ortho intramolecular Hbond substituents is 1. The lowest BCUT2D eigenvalue weighted by Crippen LogP contribution is -2.10. The van der Waals surface area contributed by atoms with E-state index in [2.05, 4.69) is 0 Å². The summed E-state index contributed by atoms with van der Waals surface area (Å²) in [6.07, 6.45) is 2.45. The molecule has 9 heteroatoms. The second-order valence-electron chi connectivity index (χ2n) is 8.99. The molecular formula is C29H36O8S. The summed E-state index contributed by atoms with van der Waals surface area (Å²) in [5.41, 5.74) is 1.90. The van der Waals surface area contributed by atoms with E-state index in [0.29, 0.717) is 54.2 Å². The molecule has 0 aliphatic rings. The van der Waals surface area contributed by atoms with Crippen molar-refractivity contribution in [3.63, 3.8) is 0 Å². The number of carbonyl (C=O) groups excluding carboxylic acids is 3. The van der Waals surface area contributed by atoms with E-state index >= 15 is 0 Å². The monoisotopic (exact) mass is 544 g/mol. The number of thioether (sulfide) groups is 1. The van der Waals surface area contributed by atoms with Crippen LogP contribution in [0.5, 0.6) is 17.2 Å². The van der Waals surface area contributed by atoms with E-state index in [0.717, 1.165) is 16.9 Å². The molecule has 0 saturated carbocycles. The van der Waals surface area contributed by atoms with Gasteiger partial charge in [-0.15, -0.1) is 11.8 Å². The highest BCUT2D eigenvalue weighted by atomic mass is 32.2. The van der Waals surface area contributed by atoms with E-state index in [4.69, 9.17) is 14.6 Å². The Balaban J connectivity index is 2.11. The van der Waals surface area contributed by atoms with Gasteiger partial charge in [0.2, 0.25) is 0 Å². The average Bonchev–Trinajstić information content (AvgIpc) is 2.84. The van der Waals surface area contributed by atoms with Gasteiger partial charge in [0, 0.05) is 34.6 Å². The fourth-order valence-electron chi connectivity index (χ4n) is 3.95. The number of phenols is 1. The quantitative estimate of drug-likeness (QED) is 0.147. The van der Waals surface area contributed by atoms with Crippen LogP contribution in [0.15, 0.2) is 29.2 Å². The van der Waals surface area contributed by atoms with Crippen molar-refractivity contribution >= 4 is 35.1 Å². The largest absolute Gasteiger partial charge is 0.507 e. The molecule has 0 aliphatic heterocycles. The SMILES string of the molecule is CCCc1c(OCCCSc2ccc(C(C)=O)c(O)c2CC(C)=O)ccc(C(C)=O)c1OCCCC(=O)O. The minimum Gasteiger partial charge on any atom is -0.507 e. The van der Waals surface area contributed by atoms with Gasteiger partial charge in [-0.1, -0.05) is 13.3 Å². The summed E-state index contributed by atoms with van der Waals surface area (Å²) in [7, 11) is 0. The third-order valence-electron chi connectivity index (χ3n) is 5.73. The molecule has 8 nitrogen and oxygen atoms in total. The van der Waals surface area contributed by atoms with Crippen molar-refractivity contribution in [2.24, 2.45) is 0 Å². The summed E-state index contributed by atoms with van der Waals surface area (Å²) in [6, 6.07) is 6.77. The molecule has 0 bridgehead atoms. The molecule has 38 heavy (non-hydrogen) atoms. The highest BCUT2D eigenvalue weighted by Gasteiger charge is 2.19. The van der Waals surface area contributed by atoms with Crippen molar-refractivity contribution in [3.05, 3.63) is 46.5 Å². The van der Waals surface area contributed by atoms with Crippen LogP contribution in [0, 0.1) is 0 Å². The zero-order valence-electron chi connectivity index (χ0n) is 22.4. The topological polar surface area (TPSA) is 127 Å². The Labute approximate surface area is 227 Å². The van der Waals surface area contributed by atoms with Crippen LogP contribution in [0.25, 0.3) is 0 Å². The van der Waals surface area contributed by atoms with Crippen molar-refractivity contribution in [2.45, 2.75) is 71.1 Å². The molecule has 2 rings (SSSR count). The molecule has 0 heterocycles. The first-order valence-electron chi connectivity index (χ1n) is 12.7. The number of carboxylic acid groups (broad SMARTS) is 1. The van der Waals surface area contributed by atoms with E-state index in [1.54, 1.807) is 24.3 Å². The maximum absolute atomic E-state index is 12.2. The van der Waals surface area contributed by atoms with Gasteiger partial charge < -0.3 is 19.7 Å². The Morgan fingerprint density at radius 1 is 0.868 bits per heavy atom. The van der Waals surface area contributed by atoms with Gasteiger partial charge in [-0.2, -0.15) is 0 Å². The molecule has 206 valence electrons. The lowest BCUT2D eigenvalue weighted by molar-refractivity contribution is -0.137. The van der Waals surface area contributed by atoms with E-state index in [-0.39, 0.29) is 48.1 Å². The third-order valence-corrected chi connectivity index (χ3v) is 6.91. The average molecular weight is 545 g/mol. The van der Waals surface area contributed by atoms with E-state index in [1.807, 2.05) is 6.92 Å². The first-order chi connectivity index (χ1) is 18.1. The molecule has 0 fully saturated rings. The predicted molar refractivity (Wildman–Crippen MR) is 146 cm³/mol. The van der Waals surface area contributed by atoms with Crippen LogP contribution in [-0.2, 0) is 22.4 Å². The molecule has 0 atom stereocenters. The molecule has 0 saturated heterocycles. The minimum absolute atomic E-state index is 0.0181. The Hall–Kier alpha value is -3.33. The van der Waals surface area contributed by atoms with Crippen LogP contribution in [-0.4, -0.2) is 52.5 Å². The maximum atomic E-state index is 12.2. The zero-order valence-corrected chi connectivity index (χ0v) is 23.2. The second-order valence-corrected chi connectivity index (χ2v) is 10.1. The predicted octanol–water partition coefficient (Wildman–Crippen LogP) is 5.69. The standard InChI is InChI=1S/C29H36O8S/c1-5-8-23-25(12-10-22(20(4)32)29(23)37-14-6-9-27(33)34)36-15-7-16-38-26-13-11-21(19(3)31)28(35)24(26)17-18(2)30/h10-13,35H,5-9,14-17H2,1-4H3,(H,33,34). The molecule has 0 radical (unpaired) electrons. The minimum atomic E-state index is -0.900. The number of carboxylic acids is 1. The van der Waals surface area contributed by atoms with Gasteiger partial charge in [0.1, 0.15) is 23.0 Å². The fourth-order valence-corrected chi connectivity index (χ4v) is 4.94. The number of Topliss-reactive ketones (excluding diaryl/α,β-unsaturated/α-hetero) is 3. The zero-order chi connectivity index (χ0) is 28.2. The number of rotatable bonds is 17. The highest BCUT2D eigenvalue weighted by Crippen LogP contribution is 2.36. The van der Waals surface area contributed by atoms with Gasteiger partial charge >= 0.3 is 5.97 Å². The van der Waals surface area contributed by atoms with Gasteiger partial charge in [-0.05, 0) is 64.3 Å². The van der Waals surface area contributed by atoms with E-state index < -0.39 is 5.97 Å². The van der Waals surface area contributed by atoms with Crippen LogP contribution in [0.1, 0.15) is 85.2 Å². The molecule has 0 unspecified atom stereocenters. The summed E-state index contributed by atoms with van der Waals surface area (Å²) in [4.78, 5) is 47.3. The Morgan fingerprint density at radius 2 is 1.53 bits per heavy atom. The van der Waals surface area contributed by atoms with Crippen molar-refractivity contribution in [1.29, 1.82) is 0 Å². The molecule has 2 aromatic carbocycles. The Kier molecular flexibility index (Phi) is 12.3. The van der Waals surface area contributed by atoms with E-state index in [9.17, 15) is 24.3 Å². The molecule has 0 aromatic heterocycles. The van der Waals surface area contributed by atoms with Crippen LogP contribution in [0.4, 0.5) is 0 Å².